The third kappa shape index (κ3) is 2.46. The highest BCUT2D eigenvalue weighted by Crippen LogP contribution is 2.26. The molecule has 1 amide bonds. The topological polar surface area (TPSA) is 41.1 Å². The maximum absolute atomic E-state index is 12.2. The summed E-state index contributed by atoms with van der Waals surface area (Å²) < 4.78 is 0. The molecular weight excluding hydrogens is 248 g/mol. The molecule has 0 bridgehead atoms. The normalized spacial score (nSPS) is 17.8. The molecule has 1 fully saturated rings. The third-order valence-electron chi connectivity index (χ3n) is 3.78. The van der Waals surface area contributed by atoms with Gasteiger partial charge in [0.2, 0.25) is 0 Å². The number of halogens is 1. The highest BCUT2D eigenvalue weighted by atomic mass is 35.5. The van der Waals surface area contributed by atoms with Crippen LogP contribution < -0.4 is 10.6 Å². The second-order valence-corrected chi connectivity index (χ2v) is 4.96. The zero-order chi connectivity index (χ0) is 11.7. The molecule has 2 aliphatic rings. The van der Waals surface area contributed by atoms with E-state index in [0.29, 0.717) is 6.04 Å². The van der Waals surface area contributed by atoms with Crippen molar-refractivity contribution in [2.75, 3.05) is 11.9 Å². The molecule has 3 rings (SSSR count). The summed E-state index contributed by atoms with van der Waals surface area (Å²) in [6.45, 7) is 1.01. The van der Waals surface area contributed by atoms with Gasteiger partial charge in [-0.1, -0.05) is 6.07 Å². The van der Waals surface area contributed by atoms with Crippen molar-refractivity contribution in [2.45, 2.75) is 38.1 Å². The zero-order valence-corrected chi connectivity index (χ0v) is 11.2. The van der Waals surface area contributed by atoms with Crippen molar-refractivity contribution in [2.24, 2.45) is 0 Å². The molecule has 0 unspecified atom stereocenters. The standard InChI is InChI=1S/C14H18N2O.ClH/c17-14(16-10-4-1-5-10)12-6-2-8-13-11(12)7-3-9-15-13;/h2,6,8,10,15H,1,3-5,7,9H2,(H,16,17);1H. The van der Waals surface area contributed by atoms with Crippen molar-refractivity contribution in [3.8, 4) is 0 Å². The van der Waals surface area contributed by atoms with Crippen LogP contribution in [0.25, 0.3) is 0 Å². The van der Waals surface area contributed by atoms with E-state index in [0.717, 1.165) is 43.5 Å². The van der Waals surface area contributed by atoms with Gasteiger partial charge in [-0.15, -0.1) is 12.4 Å². The molecule has 0 saturated heterocycles. The zero-order valence-electron chi connectivity index (χ0n) is 10.4. The minimum absolute atomic E-state index is 0. The van der Waals surface area contributed by atoms with Gasteiger partial charge in [0.1, 0.15) is 0 Å². The van der Waals surface area contributed by atoms with E-state index in [1.54, 1.807) is 0 Å². The SMILES string of the molecule is Cl.O=C(NC1CCC1)c1cccc2c1CCCN2. The lowest BCUT2D eigenvalue weighted by Gasteiger charge is -2.27. The van der Waals surface area contributed by atoms with E-state index in [9.17, 15) is 4.79 Å². The summed E-state index contributed by atoms with van der Waals surface area (Å²) in [6, 6.07) is 6.39. The smallest absolute Gasteiger partial charge is 0.251 e. The monoisotopic (exact) mass is 266 g/mol. The lowest BCUT2D eigenvalue weighted by atomic mass is 9.92. The first-order valence-electron chi connectivity index (χ1n) is 6.51. The van der Waals surface area contributed by atoms with E-state index in [2.05, 4.69) is 16.7 Å². The van der Waals surface area contributed by atoms with Crippen molar-refractivity contribution in [1.82, 2.24) is 5.32 Å². The Morgan fingerprint density at radius 2 is 2.11 bits per heavy atom. The molecule has 1 aromatic rings. The highest BCUT2D eigenvalue weighted by molar-refractivity contribution is 5.97. The van der Waals surface area contributed by atoms with Crippen LogP contribution in [-0.4, -0.2) is 18.5 Å². The van der Waals surface area contributed by atoms with Crippen LogP contribution in [0.2, 0.25) is 0 Å². The maximum atomic E-state index is 12.2. The average Bonchev–Trinajstić information content (AvgIpc) is 2.33. The molecule has 0 spiro atoms. The molecule has 1 heterocycles. The van der Waals surface area contributed by atoms with Crippen LogP contribution in [0.4, 0.5) is 5.69 Å². The van der Waals surface area contributed by atoms with Crippen molar-refractivity contribution >= 4 is 24.0 Å². The Labute approximate surface area is 114 Å². The molecule has 0 aromatic heterocycles. The molecule has 3 nitrogen and oxygen atoms in total. The molecule has 2 N–H and O–H groups in total. The molecule has 4 heteroatoms. The van der Waals surface area contributed by atoms with Gasteiger partial charge in [-0.2, -0.15) is 0 Å². The average molecular weight is 267 g/mol. The van der Waals surface area contributed by atoms with Crippen molar-refractivity contribution in [3.05, 3.63) is 29.3 Å². The summed E-state index contributed by atoms with van der Waals surface area (Å²) in [5.41, 5.74) is 3.19. The van der Waals surface area contributed by atoms with Crippen molar-refractivity contribution in [3.63, 3.8) is 0 Å². The number of hydrogen-bond donors (Lipinski definition) is 2. The number of carbonyl (C=O) groups excluding carboxylic acids is 1. The van der Waals surface area contributed by atoms with Gasteiger partial charge in [-0.3, -0.25) is 4.79 Å². The van der Waals surface area contributed by atoms with Gasteiger partial charge < -0.3 is 10.6 Å². The van der Waals surface area contributed by atoms with E-state index < -0.39 is 0 Å². The first-order chi connectivity index (χ1) is 8.34. The fourth-order valence-corrected chi connectivity index (χ4v) is 2.54. The second-order valence-electron chi connectivity index (χ2n) is 4.96. The predicted octanol–water partition coefficient (Wildman–Crippen LogP) is 2.75. The van der Waals surface area contributed by atoms with Crippen LogP contribution in [0.3, 0.4) is 0 Å². The minimum atomic E-state index is 0. The minimum Gasteiger partial charge on any atom is -0.385 e. The van der Waals surface area contributed by atoms with Gasteiger partial charge >= 0.3 is 0 Å². The first kappa shape index (κ1) is 13.2. The van der Waals surface area contributed by atoms with E-state index in [4.69, 9.17) is 0 Å². The fourth-order valence-electron chi connectivity index (χ4n) is 2.54. The Balaban J connectivity index is 0.00000120. The Morgan fingerprint density at radius 1 is 1.28 bits per heavy atom. The summed E-state index contributed by atoms with van der Waals surface area (Å²) in [5, 5.41) is 6.48. The van der Waals surface area contributed by atoms with E-state index in [1.165, 1.54) is 12.0 Å². The van der Waals surface area contributed by atoms with Crippen molar-refractivity contribution in [1.29, 1.82) is 0 Å². The lowest BCUT2D eigenvalue weighted by molar-refractivity contribution is 0.0916. The summed E-state index contributed by atoms with van der Waals surface area (Å²) in [4.78, 5) is 12.2. The quantitative estimate of drug-likeness (QED) is 0.864. The molecule has 18 heavy (non-hydrogen) atoms. The van der Waals surface area contributed by atoms with Crippen LogP contribution in [0.15, 0.2) is 18.2 Å². The summed E-state index contributed by atoms with van der Waals surface area (Å²) in [6.07, 6.45) is 5.65. The van der Waals surface area contributed by atoms with E-state index in [-0.39, 0.29) is 18.3 Å². The number of rotatable bonds is 2. The number of hydrogen-bond acceptors (Lipinski definition) is 2. The van der Waals surface area contributed by atoms with E-state index >= 15 is 0 Å². The molecular formula is C14H19ClN2O. The Kier molecular flexibility index (Phi) is 4.12. The maximum Gasteiger partial charge on any atom is 0.251 e. The number of carbonyl (C=O) groups is 1. The van der Waals surface area contributed by atoms with E-state index in [1.807, 2.05) is 12.1 Å². The summed E-state index contributed by atoms with van der Waals surface area (Å²) >= 11 is 0. The molecule has 0 radical (unpaired) electrons. The van der Waals surface area contributed by atoms with Crippen molar-refractivity contribution < 1.29 is 4.79 Å². The number of benzene rings is 1. The Morgan fingerprint density at radius 3 is 2.83 bits per heavy atom. The van der Waals surface area contributed by atoms with Gasteiger partial charge in [-0.25, -0.2) is 0 Å². The van der Waals surface area contributed by atoms with Gasteiger partial charge in [0.05, 0.1) is 0 Å². The van der Waals surface area contributed by atoms with Gasteiger partial charge in [0.25, 0.3) is 5.91 Å². The van der Waals surface area contributed by atoms with Gasteiger partial charge in [-0.05, 0) is 49.8 Å². The van der Waals surface area contributed by atoms with Crippen LogP contribution in [0.1, 0.15) is 41.6 Å². The third-order valence-corrected chi connectivity index (χ3v) is 3.78. The second kappa shape index (κ2) is 5.61. The van der Waals surface area contributed by atoms with Gasteiger partial charge in [0.15, 0.2) is 0 Å². The first-order valence-corrected chi connectivity index (χ1v) is 6.51. The largest absolute Gasteiger partial charge is 0.385 e. The number of nitrogens with one attached hydrogen (secondary N) is 2. The number of anilines is 1. The lowest BCUT2D eigenvalue weighted by Crippen LogP contribution is -2.40. The predicted molar refractivity (Wildman–Crippen MR) is 75.6 cm³/mol. The number of fused-ring (bicyclic) bond motifs is 1. The molecule has 0 atom stereocenters. The Hall–Kier alpha value is -1.22. The molecule has 1 aromatic carbocycles. The van der Waals surface area contributed by atoms with Gasteiger partial charge in [0, 0.05) is 23.8 Å². The highest BCUT2D eigenvalue weighted by Gasteiger charge is 2.22. The molecule has 1 aliphatic carbocycles. The van der Waals surface area contributed by atoms with Crippen LogP contribution in [-0.2, 0) is 6.42 Å². The fraction of sp³-hybridized carbons (Fsp3) is 0.500. The van der Waals surface area contributed by atoms with Crippen LogP contribution in [0, 0.1) is 0 Å². The molecule has 1 aliphatic heterocycles. The summed E-state index contributed by atoms with van der Waals surface area (Å²) in [7, 11) is 0. The van der Waals surface area contributed by atoms with Crippen LogP contribution >= 0.6 is 12.4 Å². The molecule has 1 saturated carbocycles. The molecule has 98 valence electrons. The number of amides is 1. The van der Waals surface area contributed by atoms with Crippen LogP contribution in [0.5, 0.6) is 0 Å². The summed E-state index contributed by atoms with van der Waals surface area (Å²) in [5.74, 6) is 0.107. The Bertz CT molecular complexity index is 443.